The molecule has 168 valence electrons. The van der Waals surface area contributed by atoms with Crippen LogP contribution in [0.25, 0.3) is 0 Å². The molecule has 1 unspecified atom stereocenters. The van der Waals surface area contributed by atoms with Gasteiger partial charge in [0.15, 0.2) is 0 Å². The maximum Gasteiger partial charge on any atom is 0.138 e. The highest BCUT2D eigenvalue weighted by Gasteiger charge is 2.36. The minimum atomic E-state index is -0.568. The minimum absolute atomic E-state index is 0.178. The first-order chi connectivity index (χ1) is 15.0. The summed E-state index contributed by atoms with van der Waals surface area (Å²) in [7, 11) is 2.18. The van der Waals surface area contributed by atoms with Crippen LogP contribution in [0.2, 0.25) is 5.02 Å². The number of benzene rings is 2. The van der Waals surface area contributed by atoms with Gasteiger partial charge in [0.1, 0.15) is 12.4 Å². The zero-order valence-corrected chi connectivity index (χ0v) is 19.4. The van der Waals surface area contributed by atoms with Crippen LogP contribution in [0.4, 0.5) is 0 Å². The Morgan fingerprint density at radius 3 is 2.39 bits per heavy atom. The van der Waals surface area contributed by atoms with E-state index in [1.54, 1.807) is 0 Å². The Kier molecular flexibility index (Phi) is 7.55. The van der Waals surface area contributed by atoms with Crippen molar-refractivity contribution in [3.63, 3.8) is 0 Å². The molecule has 4 rings (SSSR count). The van der Waals surface area contributed by atoms with Gasteiger partial charge in [0.2, 0.25) is 0 Å². The summed E-state index contributed by atoms with van der Waals surface area (Å²) in [6.07, 6.45) is 6.07. The third-order valence-corrected chi connectivity index (χ3v) is 7.21. The first-order valence-electron chi connectivity index (χ1n) is 11.6. The van der Waals surface area contributed by atoms with Crippen molar-refractivity contribution in [3.05, 3.63) is 64.7 Å². The van der Waals surface area contributed by atoms with E-state index in [4.69, 9.17) is 16.3 Å². The van der Waals surface area contributed by atoms with Crippen molar-refractivity contribution in [1.82, 2.24) is 9.80 Å². The molecule has 2 aliphatic rings. The summed E-state index contributed by atoms with van der Waals surface area (Å²) in [5.41, 5.74) is 1.74. The van der Waals surface area contributed by atoms with Gasteiger partial charge >= 0.3 is 0 Å². The lowest BCUT2D eigenvalue weighted by Gasteiger charge is -2.43. The number of hydrogen-bond donors (Lipinski definition) is 1. The molecule has 4 nitrogen and oxygen atoms in total. The van der Waals surface area contributed by atoms with Crippen molar-refractivity contribution in [3.8, 4) is 5.75 Å². The van der Waals surface area contributed by atoms with E-state index in [2.05, 4.69) is 41.1 Å². The van der Waals surface area contributed by atoms with E-state index in [0.717, 1.165) is 63.8 Å². The van der Waals surface area contributed by atoms with E-state index in [1.807, 2.05) is 24.3 Å². The van der Waals surface area contributed by atoms with E-state index in [0.29, 0.717) is 17.4 Å². The number of likely N-dealkylation sites (N-methyl/N-ethyl adjacent to an activating group) is 1. The first-order valence-corrected chi connectivity index (χ1v) is 12.0. The lowest BCUT2D eigenvalue weighted by atomic mass is 9.79. The summed E-state index contributed by atoms with van der Waals surface area (Å²) in [5, 5.41) is 12.0. The Bertz CT molecular complexity index is 831. The average molecular weight is 443 g/mol. The van der Waals surface area contributed by atoms with Gasteiger partial charge in [0.05, 0.1) is 10.6 Å². The largest absolute Gasteiger partial charge is 0.487 e. The van der Waals surface area contributed by atoms with Crippen LogP contribution < -0.4 is 4.74 Å². The predicted molar refractivity (Wildman–Crippen MR) is 127 cm³/mol. The third kappa shape index (κ3) is 6.01. The van der Waals surface area contributed by atoms with Crippen LogP contribution >= 0.6 is 11.6 Å². The molecule has 2 fully saturated rings. The number of halogens is 1. The summed E-state index contributed by atoms with van der Waals surface area (Å²) < 4.78 is 5.99. The van der Waals surface area contributed by atoms with Crippen molar-refractivity contribution in [2.24, 2.45) is 0 Å². The number of piperazine rings is 1. The molecular formula is C26H35ClN2O2. The maximum absolute atomic E-state index is 11.3. The molecule has 1 N–H and O–H groups in total. The SMILES string of the molecule is CN1CCN(C(CC2(O)CCCCC2)c2ccc(OCc3ccccc3)c(Cl)c2)CC1. The van der Waals surface area contributed by atoms with Crippen LogP contribution in [0.15, 0.2) is 48.5 Å². The Labute approximate surface area is 191 Å². The first kappa shape index (κ1) is 22.6. The number of rotatable bonds is 7. The Balaban J connectivity index is 1.51. The van der Waals surface area contributed by atoms with E-state index >= 15 is 0 Å². The summed E-state index contributed by atoms with van der Waals surface area (Å²) in [6, 6.07) is 16.5. The standard InChI is InChI=1S/C26H35ClN2O2/c1-28-14-16-29(17-15-28)24(19-26(30)12-6-3-7-13-26)22-10-11-25(23(27)18-22)31-20-21-8-4-2-5-9-21/h2,4-5,8-11,18,24,30H,3,6-7,12-17,19-20H2,1H3. The van der Waals surface area contributed by atoms with Gasteiger partial charge in [-0.2, -0.15) is 0 Å². The summed E-state index contributed by atoms with van der Waals surface area (Å²) in [5.74, 6) is 0.711. The fourth-order valence-corrected chi connectivity index (χ4v) is 5.19. The molecule has 2 aromatic carbocycles. The Morgan fingerprint density at radius 1 is 1.00 bits per heavy atom. The fraction of sp³-hybridized carbons (Fsp3) is 0.538. The van der Waals surface area contributed by atoms with E-state index in [1.165, 1.54) is 12.0 Å². The molecular weight excluding hydrogens is 408 g/mol. The van der Waals surface area contributed by atoms with E-state index in [9.17, 15) is 5.11 Å². The lowest BCUT2D eigenvalue weighted by Crippen LogP contribution is -2.48. The molecule has 1 saturated heterocycles. The van der Waals surface area contributed by atoms with Crippen LogP contribution in [0.3, 0.4) is 0 Å². The lowest BCUT2D eigenvalue weighted by molar-refractivity contribution is -0.0332. The van der Waals surface area contributed by atoms with Crippen molar-refractivity contribution < 1.29 is 9.84 Å². The molecule has 0 radical (unpaired) electrons. The molecule has 1 atom stereocenters. The van der Waals surface area contributed by atoms with Gasteiger partial charge in [-0.05, 0) is 49.6 Å². The van der Waals surface area contributed by atoms with Crippen LogP contribution in [0, 0.1) is 0 Å². The van der Waals surface area contributed by atoms with Gasteiger partial charge < -0.3 is 14.7 Å². The van der Waals surface area contributed by atoms with Gasteiger partial charge in [-0.1, -0.05) is 67.3 Å². The highest BCUT2D eigenvalue weighted by molar-refractivity contribution is 6.32. The van der Waals surface area contributed by atoms with Crippen LogP contribution in [0.5, 0.6) is 5.75 Å². The summed E-state index contributed by atoms with van der Waals surface area (Å²) in [4.78, 5) is 4.90. The average Bonchev–Trinajstić information content (AvgIpc) is 2.78. The van der Waals surface area contributed by atoms with Gasteiger partial charge in [-0.15, -0.1) is 0 Å². The van der Waals surface area contributed by atoms with Crippen LogP contribution in [-0.2, 0) is 6.61 Å². The number of aliphatic hydroxyl groups is 1. The topological polar surface area (TPSA) is 35.9 Å². The summed E-state index contributed by atoms with van der Waals surface area (Å²) >= 11 is 6.66. The van der Waals surface area contributed by atoms with Crippen LogP contribution in [0.1, 0.15) is 55.7 Å². The van der Waals surface area contributed by atoms with Crippen molar-refractivity contribution in [1.29, 1.82) is 0 Å². The van der Waals surface area contributed by atoms with Gasteiger partial charge in [-0.3, -0.25) is 4.90 Å². The number of hydrogen-bond acceptors (Lipinski definition) is 4. The normalized spacial score (nSPS) is 21.0. The molecule has 0 amide bonds. The number of ether oxygens (including phenoxy) is 1. The summed E-state index contributed by atoms with van der Waals surface area (Å²) in [6.45, 7) is 4.64. The zero-order chi connectivity index (χ0) is 21.7. The fourth-order valence-electron chi connectivity index (χ4n) is 4.94. The third-order valence-electron chi connectivity index (χ3n) is 6.91. The monoisotopic (exact) mass is 442 g/mol. The second kappa shape index (κ2) is 10.4. The zero-order valence-electron chi connectivity index (χ0n) is 18.6. The van der Waals surface area contributed by atoms with Crippen LogP contribution in [-0.4, -0.2) is 53.7 Å². The second-order valence-electron chi connectivity index (χ2n) is 9.31. The molecule has 0 spiro atoms. The van der Waals surface area contributed by atoms with Crippen molar-refractivity contribution in [2.75, 3.05) is 33.2 Å². The maximum atomic E-state index is 11.3. The smallest absolute Gasteiger partial charge is 0.138 e. The number of nitrogens with zero attached hydrogens (tertiary/aromatic N) is 2. The highest BCUT2D eigenvalue weighted by atomic mass is 35.5. The van der Waals surface area contributed by atoms with E-state index < -0.39 is 5.60 Å². The minimum Gasteiger partial charge on any atom is -0.487 e. The molecule has 0 bridgehead atoms. The molecule has 1 saturated carbocycles. The molecule has 5 heteroatoms. The molecule has 1 aliphatic carbocycles. The van der Waals surface area contributed by atoms with E-state index in [-0.39, 0.29) is 6.04 Å². The van der Waals surface area contributed by atoms with Crippen molar-refractivity contribution >= 4 is 11.6 Å². The molecule has 2 aromatic rings. The van der Waals surface area contributed by atoms with Crippen molar-refractivity contribution in [2.45, 2.75) is 56.8 Å². The van der Waals surface area contributed by atoms with Gasteiger partial charge in [-0.25, -0.2) is 0 Å². The highest BCUT2D eigenvalue weighted by Crippen LogP contribution is 2.40. The molecule has 0 aromatic heterocycles. The second-order valence-corrected chi connectivity index (χ2v) is 9.72. The quantitative estimate of drug-likeness (QED) is 0.631. The molecule has 1 heterocycles. The Morgan fingerprint density at radius 2 is 1.71 bits per heavy atom. The molecule has 1 aliphatic heterocycles. The van der Waals surface area contributed by atoms with Gasteiger partial charge in [0.25, 0.3) is 0 Å². The molecule has 31 heavy (non-hydrogen) atoms. The van der Waals surface area contributed by atoms with Gasteiger partial charge in [0, 0.05) is 32.2 Å². The Hall–Kier alpha value is -1.59. The predicted octanol–water partition coefficient (Wildman–Crippen LogP) is 5.29.